The number of furan rings is 1. The predicted molar refractivity (Wildman–Crippen MR) is 61.9 cm³/mol. The first kappa shape index (κ1) is 11.3. The second kappa shape index (κ2) is 4.73. The van der Waals surface area contributed by atoms with Crippen molar-refractivity contribution in [3.8, 4) is 0 Å². The van der Waals surface area contributed by atoms with Gasteiger partial charge in [0, 0.05) is 6.20 Å². The van der Waals surface area contributed by atoms with Gasteiger partial charge >= 0.3 is 0 Å². The molecular weight excluding hydrogens is 220 g/mol. The molecule has 0 aliphatic rings. The number of amides is 1. The molecule has 0 radical (unpaired) electrons. The molecule has 0 saturated heterocycles. The molecule has 90 valence electrons. The molecule has 2 aromatic heterocycles. The Morgan fingerprint density at radius 3 is 3.00 bits per heavy atom. The number of aromatic nitrogens is 2. The number of nitrogens with zero attached hydrogens (tertiary/aromatic N) is 2. The molecule has 2 heterocycles. The van der Waals surface area contributed by atoms with Crippen molar-refractivity contribution in [1.29, 1.82) is 0 Å². The van der Waals surface area contributed by atoms with Crippen molar-refractivity contribution < 1.29 is 9.21 Å². The number of nitrogens with two attached hydrogens (primary N) is 1. The second-order valence-electron chi connectivity index (χ2n) is 3.76. The van der Waals surface area contributed by atoms with Gasteiger partial charge in [-0.3, -0.25) is 9.48 Å². The number of rotatable bonds is 4. The van der Waals surface area contributed by atoms with Crippen LogP contribution >= 0.6 is 0 Å². The summed E-state index contributed by atoms with van der Waals surface area (Å²) in [6.45, 7) is 2.39. The van der Waals surface area contributed by atoms with Gasteiger partial charge in [0.15, 0.2) is 0 Å². The van der Waals surface area contributed by atoms with E-state index in [1.807, 2.05) is 19.1 Å². The maximum Gasteiger partial charge on any atom is 0.242 e. The quantitative estimate of drug-likeness (QED) is 0.814. The molecule has 0 atom stereocenters. The summed E-state index contributed by atoms with van der Waals surface area (Å²) in [6.07, 6.45) is 3.11. The average Bonchev–Trinajstić information content (AvgIpc) is 2.85. The zero-order valence-electron chi connectivity index (χ0n) is 9.51. The van der Waals surface area contributed by atoms with Gasteiger partial charge in [-0.1, -0.05) is 0 Å². The standard InChI is InChI=1S/C11H14N4O2/c1-8-2-3-10(17-8)5-13-11(16)7-15-6-9(12)4-14-15/h2-4,6H,5,7,12H2,1H3,(H,13,16). The molecule has 0 fully saturated rings. The highest BCUT2D eigenvalue weighted by Crippen LogP contribution is 2.05. The minimum atomic E-state index is -0.137. The van der Waals surface area contributed by atoms with E-state index in [9.17, 15) is 4.79 Å². The van der Waals surface area contributed by atoms with Gasteiger partial charge in [0.25, 0.3) is 0 Å². The van der Waals surface area contributed by atoms with Gasteiger partial charge in [-0.25, -0.2) is 0 Å². The fourth-order valence-corrected chi connectivity index (χ4v) is 1.43. The second-order valence-corrected chi connectivity index (χ2v) is 3.76. The molecule has 6 heteroatoms. The van der Waals surface area contributed by atoms with Crippen molar-refractivity contribution in [2.24, 2.45) is 0 Å². The van der Waals surface area contributed by atoms with Gasteiger partial charge < -0.3 is 15.5 Å². The largest absolute Gasteiger partial charge is 0.465 e. The molecule has 2 rings (SSSR count). The lowest BCUT2D eigenvalue weighted by molar-refractivity contribution is -0.122. The summed E-state index contributed by atoms with van der Waals surface area (Å²) in [5.74, 6) is 1.42. The lowest BCUT2D eigenvalue weighted by atomic mass is 10.4. The highest BCUT2D eigenvalue weighted by Gasteiger charge is 2.05. The molecule has 0 spiro atoms. The summed E-state index contributed by atoms with van der Waals surface area (Å²) in [5.41, 5.74) is 6.03. The topological polar surface area (TPSA) is 86.1 Å². The average molecular weight is 234 g/mol. The van der Waals surface area contributed by atoms with E-state index >= 15 is 0 Å². The van der Waals surface area contributed by atoms with E-state index in [2.05, 4.69) is 10.4 Å². The highest BCUT2D eigenvalue weighted by atomic mass is 16.3. The summed E-state index contributed by atoms with van der Waals surface area (Å²) in [4.78, 5) is 11.5. The van der Waals surface area contributed by atoms with Crippen molar-refractivity contribution in [3.05, 3.63) is 36.0 Å². The third kappa shape index (κ3) is 3.10. The molecule has 0 bridgehead atoms. The first-order chi connectivity index (χ1) is 8.13. The number of nitrogens with one attached hydrogen (secondary N) is 1. The molecular formula is C11H14N4O2. The van der Waals surface area contributed by atoms with Crippen molar-refractivity contribution in [3.63, 3.8) is 0 Å². The smallest absolute Gasteiger partial charge is 0.242 e. The van der Waals surface area contributed by atoms with Gasteiger partial charge in [-0.2, -0.15) is 5.10 Å². The Morgan fingerprint density at radius 2 is 2.41 bits per heavy atom. The Hall–Kier alpha value is -2.24. The van der Waals surface area contributed by atoms with Crippen molar-refractivity contribution in [2.45, 2.75) is 20.0 Å². The molecule has 6 nitrogen and oxygen atoms in total. The molecule has 0 unspecified atom stereocenters. The zero-order valence-corrected chi connectivity index (χ0v) is 9.51. The van der Waals surface area contributed by atoms with Gasteiger partial charge in [-0.15, -0.1) is 0 Å². The number of aryl methyl sites for hydroxylation is 1. The Morgan fingerprint density at radius 1 is 1.59 bits per heavy atom. The summed E-state index contributed by atoms with van der Waals surface area (Å²) in [5, 5.41) is 6.66. The van der Waals surface area contributed by atoms with Crippen LogP contribution in [0.25, 0.3) is 0 Å². The normalized spacial score (nSPS) is 10.4. The molecule has 1 amide bonds. The van der Waals surface area contributed by atoms with E-state index in [1.54, 1.807) is 6.20 Å². The van der Waals surface area contributed by atoms with E-state index in [-0.39, 0.29) is 12.5 Å². The van der Waals surface area contributed by atoms with E-state index < -0.39 is 0 Å². The first-order valence-electron chi connectivity index (χ1n) is 5.23. The van der Waals surface area contributed by atoms with Gasteiger partial charge in [-0.05, 0) is 19.1 Å². The molecule has 0 aliphatic heterocycles. The maximum atomic E-state index is 11.5. The van der Waals surface area contributed by atoms with E-state index in [0.717, 1.165) is 11.5 Å². The number of carbonyl (C=O) groups is 1. The van der Waals surface area contributed by atoms with Crippen molar-refractivity contribution in [2.75, 3.05) is 5.73 Å². The van der Waals surface area contributed by atoms with Crippen LogP contribution < -0.4 is 11.1 Å². The lowest BCUT2D eigenvalue weighted by Gasteiger charge is -2.03. The summed E-state index contributed by atoms with van der Waals surface area (Å²) < 4.78 is 6.82. The lowest BCUT2D eigenvalue weighted by Crippen LogP contribution is -2.27. The molecule has 2 aromatic rings. The minimum absolute atomic E-state index is 0.137. The third-order valence-corrected chi connectivity index (χ3v) is 2.21. The van der Waals surface area contributed by atoms with Crippen LogP contribution in [0.3, 0.4) is 0 Å². The Bertz CT molecular complexity index is 515. The molecule has 3 N–H and O–H groups in total. The number of hydrogen-bond donors (Lipinski definition) is 2. The maximum absolute atomic E-state index is 11.5. The van der Waals surface area contributed by atoms with Crippen LogP contribution in [-0.2, 0) is 17.9 Å². The Labute approximate surface area is 98.4 Å². The number of anilines is 1. The van der Waals surface area contributed by atoms with Crippen LogP contribution in [0.4, 0.5) is 5.69 Å². The summed E-state index contributed by atoms with van der Waals surface area (Å²) in [6, 6.07) is 3.69. The van der Waals surface area contributed by atoms with E-state index in [0.29, 0.717) is 12.2 Å². The van der Waals surface area contributed by atoms with Crippen LogP contribution in [-0.4, -0.2) is 15.7 Å². The van der Waals surface area contributed by atoms with Crippen LogP contribution in [0.15, 0.2) is 28.9 Å². The van der Waals surface area contributed by atoms with Crippen molar-refractivity contribution >= 4 is 11.6 Å². The molecule has 0 aliphatic carbocycles. The first-order valence-corrected chi connectivity index (χ1v) is 5.23. The van der Waals surface area contributed by atoms with E-state index in [1.165, 1.54) is 10.9 Å². The van der Waals surface area contributed by atoms with Gasteiger partial charge in [0.2, 0.25) is 5.91 Å². The van der Waals surface area contributed by atoms with Crippen LogP contribution in [0.5, 0.6) is 0 Å². The van der Waals surface area contributed by atoms with E-state index in [4.69, 9.17) is 10.2 Å². The van der Waals surface area contributed by atoms with Crippen molar-refractivity contribution in [1.82, 2.24) is 15.1 Å². The van der Waals surface area contributed by atoms with Crippen LogP contribution in [0.1, 0.15) is 11.5 Å². The highest BCUT2D eigenvalue weighted by molar-refractivity contribution is 5.75. The number of hydrogen-bond acceptors (Lipinski definition) is 4. The molecule has 17 heavy (non-hydrogen) atoms. The fourth-order valence-electron chi connectivity index (χ4n) is 1.43. The Kier molecular flexibility index (Phi) is 3.13. The number of carbonyl (C=O) groups excluding carboxylic acids is 1. The molecule has 0 aromatic carbocycles. The summed E-state index contributed by atoms with van der Waals surface area (Å²) >= 11 is 0. The Balaban J connectivity index is 1.82. The van der Waals surface area contributed by atoms with Crippen LogP contribution in [0, 0.1) is 6.92 Å². The number of nitrogen functional groups attached to an aromatic ring is 1. The van der Waals surface area contributed by atoms with Gasteiger partial charge in [0.1, 0.15) is 18.1 Å². The third-order valence-electron chi connectivity index (χ3n) is 2.21. The SMILES string of the molecule is Cc1ccc(CNC(=O)Cn2cc(N)cn2)o1. The zero-order chi connectivity index (χ0) is 12.3. The summed E-state index contributed by atoms with van der Waals surface area (Å²) in [7, 11) is 0. The van der Waals surface area contributed by atoms with Gasteiger partial charge in [0.05, 0.1) is 18.4 Å². The molecule has 0 saturated carbocycles. The fraction of sp³-hybridized carbons (Fsp3) is 0.273. The monoisotopic (exact) mass is 234 g/mol. The van der Waals surface area contributed by atoms with Crippen LogP contribution in [0.2, 0.25) is 0 Å². The predicted octanol–water partition coefficient (Wildman–Crippen LogP) is 0.683. The minimum Gasteiger partial charge on any atom is -0.465 e.